The van der Waals surface area contributed by atoms with Crippen LogP contribution in [0.4, 0.5) is 0 Å². The molecule has 2 nitrogen and oxygen atoms in total. The molecule has 2 aliphatic rings. The van der Waals surface area contributed by atoms with E-state index < -0.39 is 0 Å². The first-order chi connectivity index (χ1) is 3.47. The lowest BCUT2D eigenvalue weighted by molar-refractivity contribution is 0.0922. The second-order valence-electron chi connectivity index (χ2n) is 2.21. The van der Waals surface area contributed by atoms with Gasteiger partial charge in [0.1, 0.15) is 0 Å². The molecule has 0 radical (unpaired) electrons. The summed E-state index contributed by atoms with van der Waals surface area (Å²) in [5.74, 6) is 0. The van der Waals surface area contributed by atoms with Crippen molar-refractivity contribution >= 4 is 0 Å². The Kier molecular flexibility index (Phi) is 0.664. The number of fused-ring (bicyclic) bond motifs is 1. The quantitative estimate of drug-likeness (QED) is 0.463. The average Bonchev–Trinajstić information content (AvgIpc) is 2.41. The van der Waals surface area contributed by atoms with Crippen molar-refractivity contribution in [3.8, 4) is 0 Å². The highest BCUT2D eigenvalue weighted by molar-refractivity contribution is 4.96. The van der Waals surface area contributed by atoms with Crippen molar-refractivity contribution in [3.63, 3.8) is 0 Å². The summed E-state index contributed by atoms with van der Waals surface area (Å²) >= 11 is 0. The molecule has 0 bridgehead atoms. The molecule has 42 valence electrons. The average molecular weight is 101 g/mol. The first-order valence-electron chi connectivity index (χ1n) is 2.82. The molecule has 2 rings (SSSR count). The number of rotatable bonds is 0. The predicted molar refractivity (Wildman–Crippen MR) is 28.3 cm³/mol. The van der Waals surface area contributed by atoms with Crippen LogP contribution in [0.15, 0.2) is 0 Å². The zero-order valence-electron chi connectivity index (χ0n) is 4.18. The summed E-state index contributed by atoms with van der Waals surface area (Å²) in [5, 5.41) is 3.33. The molecule has 1 aliphatic carbocycles. The number of nitrogens with one attached hydrogen (secondary N) is 1. The van der Waals surface area contributed by atoms with E-state index in [0.717, 1.165) is 19.2 Å². The van der Waals surface area contributed by atoms with E-state index in [-0.39, 0.29) is 1.43 Å². The van der Waals surface area contributed by atoms with Crippen molar-refractivity contribution in [1.29, 1.82) is 0 Å². The summed E-state index contributed by atoms with van der Waals surface area (Å²) in [5.41, 5.74) is 0. The van der Waals surface area contributed by atoms with Crippen molar-refractivity contribution in [3.05, 3.63) is 0 Å². The number of morpholine rings is 1. The number of hydrogen-bond acceptors (Lipinski definition) is 2. The van der Waals surface area contributed by atoms with Crippen LogP contribution in [0.1, 0.15) is 7.85 Å². The second kappa shape index (κ2) is 1.20. The Morgan fingerprint density at radius 3 is 3.29 bits per heavy atom. The van der Waals surface area contributed by atoms with Gasteiger partial charge in [-0.25, -0.2) is 0 Å². The zero-order chi connectivity index (χ0) is 4.69. The van der Waals surface area contributed by atoms with E-state index in [1.54, 1.807) is 0 Å². The summed E-state index contributed by atoms with van der Waals surface area (Å²) in [4.78, 5) is 0. The molecule has 2 unspecified atom stereocenters. The molecular formula is C5H11NO. The highest BCUT2D eigenvalue weighted by atomic mass is 16.5. The lowest BCUT2D eigenvalue weighted by Gasteiger charge is -2.09. The lowest BCUT2D eigenvalue weighted by atomic mass is 10.5. The smallest absolute Gasteiger partial charge is 0.0745 e. The van der Waals surface area contributed by atoms with E-state index >= 15 is 0 Å². The third-order valence-corrected chi connectivity index (χ3v) is 1.57. The first-order valence-corrected chi connectivity index (χ1v) is 2.82. The molecule has 2 heteroatoms. The fourth-order valence-electron chi connectivity index (χ4n) is 1.03. The molecule has 0 aromatic carbocycles. The standard InChI is InChI=1S/C5H9NO.H2/c1-2-7-5-3-4(5)6-1;/h4-6H,1-3H2;1H. The third kappa shape index (κ3) is 0.545. The Morgan fingerprint density at radius 1 is 1.71 bits per heavy atom. The monoisotopic (exact) mass is 101 g/mol. The van der Waals surface area contributed by atoms with Crippen LogP contribution in [0.5, 0.6) is 0 Å². The molecule has 1 saturated carbocycles. The van der Waals surface area contributed by atoms with Crippen LogP contribution in [0, 0.1) is 0 Å². The molecule has 2 fully saturated rings. The van der Waals surface area contributed by atoms with Crippen LogP contribution in [-0.2, 0) is 4.74 Å². The van der Waals surface area contributed by atoms with Gasteiger partial charge in [-0.3, -0.25) is 0 Å². The summed E-state index contributed by atoms with van der Waals surface area (Å²) in [7, 11) is 0. The molecule has 0 aromatic heterocycles. The topological polar surface area (TPSA) is 21.3 Å². The summed E-state index contributed by atoms with van der Waals surface area (Å²) in [6, 6.07) is 0.730. The SMILES string of the molecule is C1COC2CC2N1.[HH]. The Morgan fingerprint density at radius 2 is 2.71 bits per heavy atom. The molecule has 7 heavy (non-hydrogen) atoms. The van der Waals surface area contributed by atoms with Crippen LogP contribution in [0.2, 0.25) is 0 Å². The largest absolute Gasteiger partial charge is 0.375 e. The molecule has 1 aliphatic heterocycles. The van der Waals surface area contributed by atoms with Crippen molar-refractivity contribution in [2.75, 3.05) is 13.2 Å². The third-order valence-electron chi connectivity index (χ3n) is 1.57. The molecule has 0 spiro atoms. The van der Waals surface area contributed by atoms with Gasteiger partial charge in [0.2, 0.25) is 0 Å². The van der Waals surface area contributed by atoms with Gasteiger partial charge in [0.05, 0.1) is 12.7 Å². The van der Waals surface area contributed by atoms with Gasteiger partial charge >= 0.3 is 0 Å². The van der Waals surface area contributed by atoms with Gasteiger partial charge in [-0.1, -0.05) is 0 Å². The van der Waals surface area contributed by atoms with Gasteiger partial charge in [-0.05, 0) is 6.42 Å². The second-order valence-corrected chi connectivity index (χ2v) is 2.21. The molecule has 0 aromatic rings. The fourth-order valence-corrected chi connectivity index (χ4v) is 1.03. The van der Waals surface area contributed by atoms with Gasteiger partial charge < -0.3 is 10.1 Å². The fraction of sp³-hybridized carbons (Fsp3) is 1.00. The van der Waals surface area contributed by atoms with Crippen LogP contribution in [-0.4, -0.2) is 25.3 Å². The van der Waals surface area contributed by atoms with E-state index in [4.69, 9.17) is 4.74 Å². The van der Waals surface area contributed by atoms with Crippen LogP contribution in [0.25, 0.3) is 0 Å². The maximum Gasteiger partial charge on any atom is 0.0745 e. The maximum absolute atomic E-state index is 5.29. The van der Waals surface area contributed by atoms with E-state index in [2.05, 4.69) is 5.32 Å². The lowest BCUT2D eigenvalue weighted by Crippen LogP contribution is -2.30. The Hall–Kier alpha value is -0.0800. The highest BCUT2D eigenvalue weighted by Crippen LogP contribution is 2.26. The maximum atomic E-state index is 5.29. The van der Waals surface area contributed by atoms with Gasteiger partial charge in [0, 0.05) is 14.0 Å². The van der Waals surface area contributed by atoms with Crippen molar-refractivity contribution < 1.29 is 6.16 Å². The van der Waals surface area contributed by atoms with E-state index in [0.29, 0.717) is 6.10 Å². The van der Waals surface area contributed by atoms with E-state index in [1.165, 1.54) is 6.42 Å². The van der Waals surface area contributed by atoms with Crippen LogP contribution >= 0.6 is 0 Å². The van der Waals surface area contributed by atoms with Crippen molar-refractivity contribution in [1.82, 2.24) is 5.32 Å². The minimum atomic E-state index is 0. The van der Waals surface area contributed by atoms with Gasteiger partial charge in [0.25, 0.3) is 0 Å². The van der Waals surface area contributed by atoms with Crippen LogP contribution < -0.4 is 5.32 Å². The normalized spacial score (nSPS) is 48.0. The molecule has 0 amide bonds. The van der Waals surface area contributed by atoms with E-state index in [9.17, 15) is 0 Å². The first kappa shape index (κ1) is 3.87. The molecule has 2 atom stereocenters. The Balaban J connectivity index is 0.000000320. The molecule has 1 saturated heterocycles. The van der Waals surface area contributed by atoms with Crippen molar-refractivity contribution in [2.45, 2.75) is 18.6 Å². The molecule has 1 heterocycles. The number of hydrogen-bond donors (Lipinski definition) is 1. The minimum Gasteiger partial charge on any atom is -0.375 e. The Bertz CT molecular complexity index is 78.5. The molecular weight excluding hydrogens is 90.1 g/mol. The summed E-state index contributed by atoms with van der Waals surface area (Å²) in [6.45, 7) is 1.97. The van der Waals surface area contributed by atoms with Crippen LogP contribution in [0.3, 0.4) is 0 Å². The summed E-state index contributed by atoms with van der Waals surface area (Å²) < 4.78 is 5.29. The van der Waals surface area contributed by atoms with Crippen molar-refractivity contribution in [2.24, 2.45) is 0 Å². The Labute approximate surface area is 44.3 Å². The highest BCUT2D eigenvalue weighted by Gasteiger charge is 2.39. The van der Waals surface area contributed by atoms with Gasteiger partial charge in [-0.2, -0.15) is 0 Å². The van der Waals surface area contributed by atoms with E-state index in [1.807, 2.05) is 0 Å². The molecule has 1 N–H and O–H groups in total. The van der Waals surface area contributed by atoms with Gasteiger partial charge in [-0.15, -0.1) is 0 Å². The predicted octanol–water partition coefficient (Wildman–Crippen LogP) is -0.00690. The number of ether oxygens (including phenoxy) is 1. The summed E-state index contributed by atoms with van der Waals surface area (Å²) in [6.07, 6.45) is 1.84. The minimum absolute atomic E-state index is 0. The van der Waals surface area contributed by atoms with Gasteiger partial charge in [0.15, 0.2) is 0 Å². The zero-order valence-corrected chi connectivity index (χ0v) is 4.18.